The summed E-state index contributed by atoms with van der Waals surface area (Å²) in [6.45, 7) is 0.968. The summed E-state index contributed by atoms with van der Waals surface area (Å²) >= 11 is 0. The third kappa shape index (κ3) is 18.7. The van der Waals surface area contributed by atoms with E-state index in [1.165, 1.54) is 84.9 Å². The number of nitrogens with one attached hydrogen (secondary N) is 2. The first-order valence-electron chi connectivity index (χ1n) is 43.5. The molecule has 4 aliphatic heterocycles. The molecule has 0 radical (unpaired) electrons. The van der Waals surface area contributed by atoms with Gasteiger partial charge in [-0.3, -0.25) is 38.9 Å². The van der Waals surface area contributed by atoms with Crippen LogP contribution in [-0.4, -0.2) is 143 Å². The van der Waals surface area contributed by atoms with Gasteiger partial charge >= 0.3 is 5.97 Å². The topological polar surface area (TPSA) is 333 Å². The summed E-state index contributed by atoms with van der Waals surface area (Å²) < 4.78 is 261. The third-order valence-electron chi connectivity index (χ3n) is 26.0. The fraction of sp³-hybridized carbons (Fsp3) is 0.376. The second-order valence-electron chi connectivity index (χ2n) is 34.0. The number of halogens is 12. The lowest BCUT2D eigenvalue weighted by Gasteiger charge is -2.41. The molecule has 10 aromatic rings. The van der Waals surface area contributed by atoms with E-state index in [0.29, 0.717) is 64.6 Å². The van der Waals surface area contributed by atoms with Crippen LogP contribution in [0.1, 0.15) is 210 Å². The first-order chi connectivity index (χ1) is 63.8. The van der Waals surface area contributed by atoms with Gasteiger partial charge in [-0.05, 0) is 180 Å². The number of amides is 4. The minimum absolute atomic E-state index is 0.00475. The Morgan fingerprint density at radius 3 is 1.09 bits per heavy atom. The minimum atomic E-state index is -5.22. The Morgan fingerprint density at radius 2 is 0.769 bits per heavy atom. The monoisotopic (exact) mass is 1920 g/mol. The van der Waals surface area contributed by atoms with Crippen molar-refractivity contribution in [3.05, 3.63) is 263 Å². The smallest absolute Gasteiger partial charge is 0.338 e. The zero-order chi connectivity index (χ0) is 96.0. The molecule has 6 fully saturated rings. The largest absolute Gasteiger partial charge is 0.507 e. The molecule has 708 valence electrons. The molecule has 0 unspecified atom stereocenters. The van der Waals surface area contributed by atoms with Crippen LogP contribution in [0.2, 0.25) is 0 Å². The first kappa shape index (κ1) is 96.5. The number of nitrogens with zero attached hydrogens (tertiary/aromatic N) is 10. The zero-order valence-corrected chi connectivity index (χ0v) is 75.0. The number of esters is 1. The molecule has 41 heteroatoms. The third-order valence-corrected chi connectivity index (χ3v) is 31.8. The molecule has 0 bridgehead atoms. The summed E-state index contributed by atoms with van der Waals surface area (Å²) in [4.78, 5) is 97.0. The molecule has 17 rings (SSSR count). The number of aromatic hydroxyl groups is 1. The fourth-order valence-electron chi connectivity index (χ4n) is 18.0. The standard InChI is InChI=1S/C31H29F4N5O4S.C31H32F4N4O5S.C31H29F4N3O5S/c1-17-25(32)27(34)29(28(35)26(17)33)45(43,44)40-12-11-24(40)31(42)39(21-9-10-22-23(13-21)37-16-38-30(22)41)15-20-8-7-19(14-36-20)18-5-3-2-4-6-18;1-17-25(32)27(34)29(28(35)26(17)33)45(43,44)39-13-12-23(39)31(42)38(21-10-11-22(24(40)14-21)30(41)36-2)16-20-9-8-19(15-37-20)18-6-4-3-5-7-18;1-17-25(32)27(34)29(28(35)26(17)33)44(41,42)38-12-11-24(38)30(39)37(22-9-10-23-20(13-22)16-43-31(23)40)15-21-8-7-19(14-36-21)18-5-3-2-4-6-18/h7-10,13-14,16,18,24H,2-6,11-12,15H2,1H3,(H,37,38,41);8-11,14-15,18,23,40H,3-7,12-13,16H2,1-2H3,(H,36,41);7-10,13-14,18,24H,2-6,11-12,15-16H2,1H3/t24-;23-;24-/m111/s1. The Kier molecular flexibility index (Phi) is 28.4. The van der Waals surface area contributed by atoms with Crippen LogP contribution in [0.3, 0.4) is 0 Å². The van der Waals surface area contributed by atoms with Gasteiger partial charge in [-0.1, -0.05) is 76.0 Å². The molecule has 134 heavy (non-hydrogen) atoms. The van der Waals surface area contributed by atoms with Crippen LogP contribution in [0, 0.1) is 90.6 Å². The van der Waals surface area contributed by atoms with Gasteiger partial charge in [-0.25, -0.2) is 87.7 Å². The van der Waals surface area contributed by atoms with Crippen LogP contribution in [0.5, 0.6) is 5.75 Å². The van der Waals surface area contributed by atoms with E-state index >= 15 is 0 Å². The number of fused-ring (bicyclic) bond motifs is 2. The van der Waals surface area contributed by atoms with Gasteiger partial charge in [0.25, 0.3) is 11.5 Å². The lowest BCUT2D eigenvalue weighted by molar-refractivity contribution is -0.125. The van der Waals surface area contributed by atoms with Gasteiger partial charge in [0.05, 0.1) is 65.1 Å². The van der Waals surface area contributed by atoms with E-state index in [-0.39, 0.29) is 93.0 Å². The molecule has 26 nitrogen and oxygen atoms in total. The van der Waals surface area contributed by atoms with E-state index in [2.05, 4.69) is 30.2 Å². The second kappa shape index (κ2) is 39.5. The molecule has 4 aromatic heterocycles. The molecule has 0 spiro atoms. The van der Waals surface area contributed by atoms with Crippen LogP contribution in [0.4, 0.5) is 69.7 Å². The summed E-state index contributed by atoms with van der Waals surface area (Å²) in [6, 6.07) is 19.6. The Labute approximate surface area is 761 Å². The van der Waals surface area contributed by atoms with Crippen LogP contribution in [0.25, 0.3) is 10.9 Å². The maximum absolute atomic E-state index is 14.8. The van der Waals surface area contributed by atoms with Crippen molar-refractivity contribution in [1.82, 2.24) is 43.2 Å². The van der Waals surface area contributed by atoms with E-state index in [1.54, 1.807) is 42.9 Å². The lowest BCUT2D eigenvalue weighted by atomic mass is 9.85. The summed E-state index contributed by atoms with van der Waals surface area (Å²) in [7, 11) is -14.2. The number of carbonyl (C=O) groups excluding carboxylic acids is 5. The number of ether oxygens (including phenoxy) is 1. The molecular formula is C93H90F12N12O14S3. The molecule has 4 amide bonds. The van der Waals surface area contributed by atoms with E-state index in [1.807, 2.05) is 18.2 Å². The molecule has 3 aliphatic carbocycles. The van der Waals surface area contributed by atoms with Crippen LogP contribution in [-0.2, 0) is 75.4 Å². The van der Waals surface area contributed by atoms with Crippen molar-refractivity contribution in [2.24, 2.45) is 0 Å². The molecular weight excluding hydrogens is 1830 g/mol. The van der Waals surface area contributed by atoms with E-state index in [4.69, 9.17) is 4.74 Å². The molecule has 3 N–H and O–H groups in total. The number of phenolic OH excluding ortho intramolecular Hbond substituents is 1. The number of pyridine rings is 3. The van der Waals surface area contributed by atoms with Crippen molar-refractivity contribution in [1.29, 1.82) is 0 Å². The van der Waals surface area contributed by atoms with Crippen molar-refractivity contribution < 1.29 is 112 Å². The number of cyclic esters (lactones) is 1. The first-order valence-corrected chi connectivity index (χ1v) is 47.8. The highest BCUT2D eigenvalue weighted by Gasteiger charge is 2.52. The van der Waals surface area contributed by atoms with Crippen molar-refractivity contribution in [3.8, 4) is 5.75 Å². The van der Waals surface area contributed by atoms with Gasteiger partial charge in [-0.2, -0.15) is 12.9 Å². The van der Waals surface area contributed by atoms with Gasteiger partial charge in [0.1, 0.15) is 30.5 Å². The number of rotatable bonds is 22. The summed E-state index contributed by atoms with van der Waals surface area (Å²) in [5, 5.41) is 13.2. The maximum Gasteiger partial charge on any atom is 0.338 e. The molecule has 6 aromatic carbocycles. The van der Waals surface area contributed by atoms with Crippen molar-refractivity contribution in [3.63, 3.8) is 0 Å². The summed E-state index contributed by atoms with van der Waals surface area (Å²) in [6.07, 6.45) is 23.2. The highest BCUT2D eigenvalue weighted by molar-refractivity contribution is 7.89. The molecule has 3 saturated heterocycles. The normalized spacial score (nSPS) is 18.1. The average molecular weight is 1920 g/mol. The quantitative estimate of drug-likeness (QED) is 0.0322. The molecule has 7 aliphatic rings. The van der Waals surface area contributed by atoms with Crippen LogP contribution in [0.15, 0.2) is 135 Å². The maximum atomic E-state index is 14.8. The molecule has 8 heterocycles. The number of sulfonamides is 3. The summed E-state index contributed by atoms with van der Waals surface area (Å²) in [5.74, 6) is -26.2. The number of aromatic amines is 1. The van der Waals surface area contributed by atoms with E-state index < -0.39 is 190 Å². The Bertz CT molecular complexity index is 6650. The SMILES string of the molecule is CNC(=O)c1ccc(N(Cc2ccc(C3CCCCC3)cn2)C(=O)[C@H]2CCN2S(=O)(=O)c2c(F)c(F)c(C)c(F)c2F)cc1O.Cc1c(F)c(F)c(S(=O)(=O)N2CC[C@@H]2C(=O)N(Cc2ccc(C3CCCCC3)cn2)c2ccc3c(=O)[nH]cnc3c2)c(F)c1F.Cc1c(F)c(F)c(S(=O)(=O)N2CC[C@@H]2C(=O)N(Cc2ccc(C3CCCCC3)cn2)c2ccc3c(c2)COC3=O)c(F)c1F. The number of anilines is 3. The van der Waals surface area contributed by atoms with Crippen molar-refractivity contribution in [2.45, 2.75) is 213 Å². The number of aromatic nitrogens is 5. The highest BCUT2D eigenvalue weighted by Crippen LogP contribution is 2.43. The van der Waals surface area contributed by atoms with Gasteiger partial charge < -0.3 is 34.8 Å². The summed E-state index contributed by atoms with van der Waals surface area (Å²) in [5.41, 5.74) is 2.93. The van der Waals surface area contributed by atoms with Crippen molar-refractivity contribution >= 4 is 87.6 Å². The minimum Gasteiger partial charge on any atom is -0.507 e. The van der Waals surface area contributed by atoms with Crippen molar-refractivity contribution in [2.75, 3.05) is 41.4 Å². The van der Waals surface area contributed by atoms with Gasteiger partial charge in [0, 0.05) is 90.7 Å². The Balaban J connectivity index is 0.000000153. The number of H-pyrrole nitrogens is 1. The van der Waals surface area contributed by atoms with Crippen LogP contribution < -0.4 is 25.6 Å². The second-order valence-corrected chi connectivity index (χ2v) is 39.5. The number of hydrogen-bond donors (Lipinski definition) is 3. The Hall–Kier alpha value is -12.1. The number of phenols is 1. The highest BCUT2D eigenvalue weighted by atomic mass is 32.2. The van der Waals surface area contributed by atoms with Gasteiger partial charge in [-0.15, -0.1) is 0 Å². The van der Waals surface area contributed by atoms with E-state index in [9.17, 15) is 112 Å². The molecule has 3 atom stereocenters. The van der Waals surface area contributed by atoms with Gasteiger partial charge in [0.15, 0.2) is 84.5 Å². The average Bonchev–Trinajstić information content (AvgIpc) is 0.775. The molecule has 3 saturated carbocycles. The lowest BCUT2D eigenvalue weighted by Crippen LogP contribution is -2.59. The fourth-order valence-corrected chi connectivity index (χ4v) is 23.2. The number of carbonyl (C=O) groups is 5. The predicted molar refractivity (Wildman–Crippen MR) is 463 cm³/mol. The number of hydrogen-bond acceptors (Lipinski definition) is 18. The number of benzene rings is 6. The predicted octanol–water partition coefficient (Wildman–Crippen LogP) is 15.9. The Morgan fingerprint density at radius 1 is 0.433 bits per heavy atom. The van der Waals surface area contributed by atoms with E-state index in [0.717, 1.165) is 125 Å². The van der Waals surface area contributed by atoms with Gasteiger partial charge in [0.2, 0.25) is 47.8 Å². The zero-order valence-electron chi connectivity index (χ0n) is 72.6. The van der Waals surface area contributed by atoms with Crippen LogP contribution >= 0.6 is 0 Å².